The zero-order valence-corrected chi connectivity index (χ0v) is 3.83. The highest BCUT2D eigenvalue weighted by Crippen LogP contribution is 1.52. The van der Waals surface area contributed by atoms with E-state index in [1.54, 1.807) is 12.4 Å². The smallest absolute Gasteiger partial charge is 0.173 e. The Balaban J connectivity index is 3.41. The molecule has 32 valence electrons. The van der Waals surface area contributed by atoms with E-state index < -0.39 is 0 Å². The Morgan fingerprint density at radius 2 is 2.50 bits per heavy atom. The number of nitrogens with zero attached hydrogens (tertiary/aromatic N) is 1. The Kier molecular flexibility index (Phi) is 0.719. The summed E-state index contributed by atoms with van der Waals surface area (Å²) in [4.78, 5) is 0. The second-order valence-electron chi connectivity index (χ2n) is 0.898. The number of aromatic amines is 2. The summed E-state index contributed by atoms with van der Waals surface area (Å²) in [6.07, 6.45) is 3.42. The van der Waals surface area contributed by atoms with E-state index in [9.17, 15) is 0 Å². The highest BCUT2D eigenvalue weighted by atomic mass is 32.1. The molecule has 1 heterocycles. The molecule has 1 rings (SSSR count). The third-order valence-corrected chi connectivity index (χ3v) is 0.681. The van der Waals surface area contributed by atoms with Crippen LogP contribution in [-0.4, -0.2) is 10.3 Å². The molecule has 0 bridgehead atoms. The zero-order valence-electron chi connectivity index (χ0n) is 3.01. The normalized spacial score (nSPS) is 8.67. The van der Waals surface area contributed by atoms with Crippen LogP contribution in [0.4, 0.5) is 0 Å². The van der Waals surface area contributed by atoms with E-state index in [0.717, 1.165) is 0 Å². The SMILES string of the molecule is S=[n+]1cc[nH][nH]1. The Labute approximate surface area is 39.8 Å². The quantitative estimate of drug-likeness (QED) is 0.440. The van der Waals surface area contributed by atoms with Crippen LogP contribution in [-0.2, 0) is 0 Å². The first-order valence-corrected chi connectivity index (χ1v) is 1.90. The van der Waals surface area contributed by atoms with Gasteiger partial charge in [0.2, 0.25) is 0 Å². The van der Waals surface area contributed by atoms with Gasteiger partial charge < -0.3 is 0 Å². The molecule has 0 saturated carbocycles. The zero-order chi connectivity index (χ0) is 4.41. The van der Waals surface area contributed by atoms with Crippen LogP contribution in [0.5, 0.6) is 0 Å². The molecule has 0 spiro atoms. The Morgan fingerprint density at radius 1 is 1.67 bits per heavy atom. The van der Waals surface area contributed by atoms with Crippen LogP contribution in [0.2, 0.25) is 0 Å². The Hall–Kier alpha value is -0.640. The topological polar surface area (TPSA) is 37.5 Å². The summed E-state index contributed by atoms with van der Waals surface area (Å²) in [6.45, 7) is 0. The van der Waals surface area contributed by atoms with Crippen molar-refractivity contribution in [3.8, 4) is 0 Å². The highest BCUT2D eigenvalue weighted by Gasteiger charge is 1.72. The van der Waals surface area contributed by atoms with Crippen molar-refractivity contribution in [3.63, 3.8) is 0 Å². The van der Waals surface area contributed by atoms with Crippen molar-refractivity contribution >= 4 is 12.4 Å². The van der Waals surface area contributed by atoms with Gasteiger partial charge in [0, 0.05) is 0 Å². The fourth-order valence-corrected chi connectivity index (χ4v) is 0.357. The highest BCUT2D eigenvalue weighted by molar-refractivity contribution is 7.66. The number of nitrogens with one attached hydrogen (secondary N) is 2. The summed E-state index contributed by atoms with van der Waals surface area (Å²) >= 11 is 4.58. The van der Waals surface area contributed by atoms with E-state index in [0.29, 0.717) is 0 Å². The Bertz CT molecular complexity index is 147. The molecule has 4 heteroatoms. The lowest BCUT2D eigenvalue weighted by atomic mass is 11.0. The van der Waals surface area contributed by atoms with Crippen LogP contribution in [0.25, 0.3) is 0 Å². The van der Waals surface area contributed by atoms with Crippen LogP contribution >= 0.6 is 12.4 Å². The second kappa shape index (κ2) is 1.22. The summed E-state index contributed by atoms with van der Waals surface area (Å²) in [7, 11) is 0. The van der Waals surface area contributed by atoms with Gasteiger partial charge >= 0.3 is 0 Å². The molecule has 1 aromatic rings. The summed E-state index contributed by atoms with van der Waals surface area (Å²) in [5.41, 5.74) is 0. The number of aromatic nitrogens is 3. The van der Waals surface area contributed by atoms with Gasteiger partial charge in [0.1, 0.15) is 0 Å². The lowest BCUT2D eigenvalue weighted by molar-refractivity contribution is -0.507. The van der Waals surface area contributed by atoms with Crippen molar-refractivity contribution in [1.82, 2.24) is 10.3 Å². The first-order valence-electron chi connectivity index (χ1n) is 1.54. The van der Waals surface area contributed by atoms with Crippen LogP contribution in [0, 0.1) is 0 Å². The minimum atomic E-state index is 1.40. The molecule has 0 fully saturated rings. The molecule has 6 heavy (non-hydrogen) atoms. The summed E-state index contributed by atoms with van der Waals surface area (Å²) in [5, 5.41) is 5.27. The minimum Gasteiger partial charge on any atom is -0.179 e. The predicted octanol–water partition coefficient (Wildman–Crippen LogP) is -0.128. The van der Waals surface area contributed by atoms with Crippen molar-refractivity contribution in [2.75, 3.05) is 0 Å². The number of hydrogen-bond donors (Lipinski definition) is 2. The molecule has 3 nitrogen and oxygen atoms in total. The molecule has 0 aliphatic carbocycles. The first-order chi connectivity index (χ1) is 2.89. The van der Waals surface area contributed by atoms with E-state index >= 15 is 0 Å². The first kappa shape index (κ1) is 3.55. The lowest BCUT2D eigenvalue weighted by Gasteiger charge is -1.50. The molecule has 1 aromatic heterocycles. The maximum atomic E-state index is 4.58. The van der Waals surface area contributed by atoms with Gasteiger partial charge in [0.05, 0.1) is 0 Å². The molecule has 0 saturated heterocycles. The van der Waals surface area contributed by atoms with Crippen LogP contribution < -0.4 is 3.73 Å². The summed E-state index contributed by atoms with van der Waals surface area (Å²) in [6, 6.07) is 0. The van der Waals surface area contributed by atoms with Gasteiger partial charge in [-0.3, -0.25) is 0 Å². The van der Waals surface area contributed by atoms with Gasteiger partial charge in [-0.15, -0.1) is 0 Å². The number of hydrogen-bond acceptors (Lipinski definition) is 1. The number of rotatable bonds is 0. The lowest BCUT2D eigenvalue weighted by Crippen LogP contribution is -2.08. The molecule has 0 amide bonds. The second-order valence-corrected chi connectivity index (χ2v) is 1.29. The summed E-state index contributed by atoms with van der Waals surface area (Å²) < 4.78 is 1.40. The molecule has 0 atom stereocenters. The fourth-order valence-electron chi connectivity index (χ4n) is 0.243. The largest absolute Gasteiger partial charge is 0.179 e. The molecule has 0 unspecified atom stereocenters. The number of H-pyrrole nitrogens is 2. The average Bonchev–Trinajstić information content (AvgIpc) is 1.86. The molecule has 0 radical (unpaired) electrons. The van der Waals surface area contributed by atoms with E-state index in [2.05, 4.69) is 22.7 Å². The van der Waals surface area contributed by atoms with Crippen molar-refractivity contribution in [2.24, 2.45) is 0 Å². The van der Waals surface area contributed by atoms with E-state index in [1.807, 2.05) is 0 Å². The van der Waals surface area contributed by atoms with Gasteiger partial charge in [-0.05, 0) is 0 Å². The Morgan fingerprint density at radius 3 is 2.67 bits per heavy atom. The van der Waals surface area contributed by atoms with E-state index in [1.165, 1.54) is 3.73 Å². The summed E-state index contributed by atoms with van der Waals surface area (Å²) in [5.74, 6) is 0. The molecule has 0 aliphatic heterocycles. The molecule has 0 aliphatic rings. The minimum absolute atomic E-state index is 1.40. The van der Waals surface area contributed by atoms with Crippen molar-refractivity contribution < 1.29 is 3.73 Å². The van der Waals surface area contributed by atoms with Gasteiger partial charge in [-0.1, -0.05) is 8.94 Å². The predicted molar refractivity (Wildman–Crippen MR) is 22.7 cm³/mol. The standard InChI is InChI=1S/C2H4N3S/c6-5-2-1-3-4-5/h1-2H,(H2,3,4,6)/q+1. The van der Waals surface area contributed by atoms with E-state index in [4.69, 9.17) is 0 Å². The van der Waals surface area contributed by atoms with Crippen molar-refractivity contribution in [1.29, 1.82) is 0 Å². The van der Waals surface area contributed by atoms with E-state index in [-0.39, 0.29) is 0 Å². The third-order valence-electron chi connectivity index (χ3n) is 0.468. The molecule has 0 aromatic carbocycles. The molecule has 2 N–H and O–H groups in total. The van der Waals surface area contributed by atoms with Crippen molar-refractivity contribution in [2.45, 2.75) is 0 Å². The average molecular weight is 102 g/mol. The van der Waals surface area contributed by atoms with Gasteiger partial charge in [0.15, 0.2) is 24.8 Å². The van der Waals surface area contributed by atoms with Gasteiger partial charge in [-0.2, -0.15) is 5.10 Å². The van der Waals surface area contributed by atoms with Gasteiger partial charge in [-0.25, -0.2) is 0 Å². The fraction of sp³-hybridized carbons (Fsp3) is 0. The monoisotopic (exact) mass is 102 g/mol. The van der Waals surface area contributed by atoms with Crippen LogP contribution in [0.15, 0.2) is 12.4 Å². The molecular weight excluding hydrogens is 98.1 g/mol. The van der Waals surface area contributed by atoms with Crippen LogP contribution in [0.1, 0.15) is 0 Å². The molecular formula is C2H4N3S+. The van der Waals surface area contributed by atoms with Crippen molar-refractivity contribution in [3.05, 3.63) is 12.4 Å². The van der Waals surface area contributed by atoms with Crippen LogP contribution in [0.3, 0.4) is 0 Å². The van der Waals surface area contributed by atoms with Gasteiger partial charge in [0.25, 0.3) is 0 Å². The third kappa shape index (κ3) is 0.463. The maximum Gasteiger partial charge on any atom is 0.173 e. The maximum absolute atomic E-state index is 4.58.